The van der Waals surface area contributed by atoms with E-state index in [0.717, 1.165) is 6.92 Å². The molecule has 0 fully saturated rings. The summed E-state index contributed by atoms with van der Waals surface area (Å²) in [4.78, 5) is 11.5. The molecule has 2 aromatic carbocycles. The first-order valence-corrected chi connectivity index (χ1v) is 9.97. The number of carbonyl (C=O) groups is 1. The first kappa shape index (κ1) is 23.6. The van der Waals surface area contributed by atoms with Gasteiger partial charge in [-0.15, -0.1) is 0 Å². The molecular weight excluding hydrogens is 436 g/mol. The summed E-state index contributed by atoms with van der Waals surface area (Å²) in [7, 11) is -5.03. The van der Waals surface area contributed by atoms with Gasteiger partial charge in [0, 0.05) is 6.04 Å². The fraction of sp³-hybridized carbons (Fsp3) is 0.278. The first-order valence-electron chi connectivity index (χ1n) is 8.48. The molecule has 0 aliphatic heterocycles. The lowest BCUT2D eigenvalue weighted by Crippen LogP contribution is -2.43. The van der Waals surface area contributed by atoms with E-state index in [1.807, 2.05) is 0 Å². The second kappa shape index (κ2) is 9.01. The number of hydrogen-bond acceptors (Lipinski definition) is 4. The topological polar surface area (TPSA) is 76.1 Å². The van der Waals surface area contributed by atoms with Gasteiger partial charge in [-0.2, -0.15) is 13.5 Å². The Kier molecular flexibility index (Phi) is 7.10. The molecule has 12 heteroatoms. The summed E-state index contributed by atoms with van der Waals surface area (Å²) in [5, 5.41) is 9.34. The molecule has 0 saturated carbocycles. The van der Waals surface area contributed by atoms with Crippen LogP contribution in [0.1, 0.15) is 20.8 Å². The maximum Gasteiger partial charge on any atom is 0.516 e. The molecule has 0 amide bonds. The monoisotopic (exact) mass is 453 g/mol. The number of para-hydroxylation sites is 1. The number of carboxylic acid groups (broad SMARTS) is 1. The van der Waals surface area contributed by atoms with E-state index in [9.17, 15) is 36.4 Å². The normalized spacial score (nSPS) is 14.5. The van der Waals surface area contributed by atoms with Crippen LogP contribution in [0.3, 0.4) is 0 Å². The number of benzene rings is 2. The van der Waals surface area contributed by atoms with Gasteiger partial charge in [-0.05, 0) is 32.9 Å². The molecular formula is C18H17F5NO5P. The fourth-order valence-electron chi connectivity index (χ4n) is 2.56. The Labute approximate surface area is 168 Å². The van der Waals surface area contributed by atoms with Crippen LogP contribution in [0.25, 0.3) is 0 Å². The van der Waals surface area contributed by atoms with E-state index in [4.69, 9.17) is 9.05 Å². The number of hydrogen-bond donors (Lipinski definition) is 1. The molecule has 6 nitrogen and oxygen atoms in total. The minimum Gasteiger partial charge on any atom is -0.480 e. The lowest BCUT2D eigenvalue weighted by molar-refractivity contribution is -0.141. The third-order valence-electron chi connectivity index (χ3n) is 3.91. The molecule has 2 rings (SSSR count). The standard InChI is InChI=1S/C18H17F5NO5P/c1-9(2)24(10(3)18(25)26)30(27,28-11-7-5-4-6-8-11)29-17-15(22)13(20)12(19)14(21)16(17)23/h4-10H,1-3H3,(H,25,26)/t10-,30?/m0/s1. The highest BCUT2D eigenvalue weighted by Crippen LogP contribution is 2.55. The van der Waals surface area contributed by atoms with Crippen molar-refractivity contribution in [2.24, 2.45) is 0 Å². The Balaban J connectivity index is 2.68. The number of halogens is 5. The predicted molar refractivity (Wildman–Crippen MR) is 95.6 cm³/mol. The van der Waals surface area contributed by atoms with Crippen LogP contribution < -0.4 is 9.05 Å². The van der Waals surface area contributed by atoms with Crippen molar-refractivity contribution in [1.29, 1.82) is 0 Å². The van der Waals surface area contributed by atoms with Crippen molar-refractivity contribution in [2.75, 3.05) is 0 Å². The van der Waals surface area contributed by atoms with Gasteiger partial charge in [0.2, 0.25) is 34.8 Å². The van der Waals surface area contributed by atoms with Crippen LogP contribution in [0, 0.1) is 29.1 Å². The van der Waals surface area contributed by atoms with E-state index in [-0.39, 0.29) is 5.75 Å². The van der Waals surface area contributed by atoms with Crippen molar-refractivity contribution >= 4 is 13.7 Å². The average molecular weight is 453 g/mol. The zero-order chi connectivity index (χ0) is 22.8. The molecule has 0 aliphatic carbocycles. The highest BCUT2D eigenvalue weighted by molar-refractivity contribution is 7.52. The van der Waals surface area contributed by atoms with Gasteiger partial charge >= 0.3 is 13.7 Å². The summed E-state index contributed by atoms with van der Waals surface area (Å²) in [6, 6.07) is 4.50. The minimum atomic E-state index is -5.03. The minimum absolute atomic E-state index is 0.159. The number of carboxylic acids is 1. The smallest absolute Gasteiger partial charge is 0.480 e. The van der Waals surface area contributed by atoms with E-state index in [2.05, 4.69) is 0 Å². The van der Waals surface area contributed by atoms with Gasteiger partial charge in [0.15, 0.2) is 0 Å². The van der Waals surface area contributed by atoms with Gasteiger partial charge in [-0.3, -0.25) is 4.79 Å². The second-order valence-corrected chi connectivity index (χ2v) is 8.12. The average Bonchev–Trinajstić information content (AvgIpc) is 2.68. The third kappa shape index (κ3) is 4.57. The highest BCUT2D eigenvalue weighted by atomic mass is 31.2. The van der Waals surface area contributed by atoms with E-state index in [0.29, 0.717) is 4.67 Å². The van der Waals surface area contributed by atoms with Crippen molar-refractivity contribution in [1.82, 2.24) is 4.67 Å². The molecule has 0 saturated heterocycles. The molecule has 30 heavy (non-hydrogen) atoms. The van der Waals surface area contributed by atoms with Crippen LogP contribution in [0.5, 0.6) is 11.5 Å². The quantitative estimate of drug-likeness (QED) is 0.259. The Bertz CT molecular complexity index is 960. The zero-order valence-electron chi connectivity index (χ0n) is 15.9. The lowest BCUT2D eigenvalue weighted by Gasteiger charge is -2.35. The lowest BCUT2D eigenvalue weighted by atomic mass is 10.3. The van der Waals surface area contributed by atoms with Gasteiger partial charge in [0.05, 0.1) is 0 Å². The van der Waals surface area contributed by atoms with Crippen LogP contribution >= 0.6 is 7.75 Å². The van der Waals surface area contributed by atoms with Gasteiger partial charge in [-0.25, -0.2) is 17.7 Å². The maximum atomic E-state index is 14.1. The zero-order valence-corrected chi connectivity index (χ0v) is 16.8. The molecule has 0 radical (unpaired) electrons. The predicted octanol–water partition coefficient (Wildman–Crippen LogP) is 5.13. The van der Waals surface area contributed by atoms with Crippen molar-refractivity contribution < 1.29 is 45.5 Å². The van der Waals surface area contributed by atoms with Crippen LogP contribution in [0.15, 0.2) is 30.3 Å². The molecule has 2 aromatic rings. The van der Waals surface area contributed by atoms with Crippen LogP contribution in [0.4, 0.5) is 22.0 Å². The molecule has 2 atom stereocenters. The Hall–Kier alpha value is -2.65. The maximum absolute atomic E-state index is 14.1. The van der Waals surface area contributed by atoms with Crippen molar-refractivity contribution in [3.05, 3.63) is 59.4 Å². The number of rotatable bonds is 8. The van der Waals surface area contributed by atoms with Gasteiger partial charge in [-0.1, -0.05) is 18.2 Å². The molecule has 0 spiro atoms. The summed E-state index contributed by atoms with van der Waals surface area (Å²) in [5.74, 6) is -15.3. The number of aliphatic carboxylic acids is 1. The molecule has 0 heterocycles. The van der Waals surface area contributed by atoms with E-state index < -0.39 is 60.6 Å². The number of nitrogens with zero attached hydrogens (tertiary/aromatic N) is 1. The first-order chi connectivity index (χ1) is 13.9. The molecule has 1 N–H and O–H groups in total. The summed E-state index contributed by atoms with van der Waals surface area (Å²) < 4.78 is 93.0. The second-order valence-electron chi connectivity index (χ2n) is 6.35. The van der Waals surface area contributed by atoms with E-state index >= 15 is 0 Å². The SMILES string of the molecule is CC(C)N([C@@H](C)C(=O)O)P(=O)(Oc1ccccc1)Oc1c(F)c(F)c(F)c(F)c1F. The van der Waals surface area contributed by atoms with Crippen molar-refractivity contribution in [3.8, 4) is 11.5 Å². The van der Waals surface area contributed by atoms with Crippen molar-refractivity contribution in [3.63, 3.8) is 0 Å². The molecule has 0 aliphatic rings. The Morgan fingerprint density at radius 2 is 1.37 bits per heavy atom. The largest absolute Gasteiger partial charge is 0.516 e. The Morgan fingerprint density at radius 1 is 0.900 bits per heavy atom. The summed E-state index contributed by atoms with van der Waals surface area (Å²) in [6.45, 7) is 3.84. The molecule has 0 bridgehead atoms. The summed E-state index contributed by atoms with van der Waals surface area (Å²) in [5.41, 5.74) is 0. The fourth-order valence-corrected chi connectivity index (χ4v) is 4.66. The van der Waals surface area contributed by atoms with Crippen molar-refractivity contribution in [2.45, 2.75) is 32.9 Å². The Morgan fingerprint density at radius 3 is 1.80 bits per heavy atom. The molecule has 1 unspecified atom stereocenters. The summed E-state index contributed by atoms with van der Waals surface area (Å²) in [6.07, 6.45) is 0. The van der Waals surface area contributed by atoms with Crippen LogP contribution in [0.2, 0.25) is 0 Å². The molecule has 164 valence electrons. The van der Waals surface area contributed by atoms with Gasteiger partial charge in [0.1, 0.15) is 11.8 Å². The molecule has 0 aromatic heterocycles. The van der Waals surface area contributed by atoms with Gasteiger partial charge in [0.25, 0.3) is 0 Å². The third-order valence-corrected chi connectivity index (χ3v) is 6.14. The van der Waals surface area contributed by atoms with Gasteiger partial charge < -0.3 is 14.2 Å². The van der Waals surface area contributed by atoms with Crippen LogP contribution in [-0.2, 0) is 9.36 Å². The van der Waals surface area contributed by atoms with E-state index in [1.165, 1.54) is 38.1 Å². The van der Waals surface area contributed by atoms with Crippen LogP contribution in [-0.4, -0.2) is 27.8 Å². The van der Waals surface area contributed by atoms with E-state index in [1.54, 1.807) is 6.07 Å². The highest BCUT2D eigenvalue weighted by Gasteiger charge is 2.46. The summed E-state index contributed by atoms with van der Waals surface area (Å²) >= 11 is 0.